The van der Waals surface area contributed by atoms with Crippen LogP contribution in [0.3, 0.4) is 0 Å². The molecule has 0 saturated heterocycles. The van der Waals surface area contributed by atoms with Crippen LogP contribution in [0.5, 0.6) is 0 Å². The fourth-order valence-electron chi connectivity index (χ4n) is 1.46. The number of hydrogen-bond donors (Lipinski definition) is 3. The number of nitrogens with two attached hydrogens (primary N) is 1. The Balaban J connectivity index is 2.67. The first-order valence-corrected chi connectivity index (χ1v) is 5.76. The molecule has 15 heavy (non-hydrogen) atoms. The quantitative estimate of drug-likeness (QED) is 0.331. The molecule has 1 aromatic carbocycles. The predicted octanol–water partition coefficient (Wildman–Crippen LogP) is 1.74. The first-order chi connectivity index (χ1) is 7.06. The number of nitrogens with one attached hydrogen (secondary N) is 2. The molecule has 0 aliphatic carbocycles. The fourth-order valence-corrected chi connectivity index (χ4v) is 1.86. The van der Waals surface area contributed by atoms with E-state index in [-0.39, 0.29) is 5.41 Å². The summed E-state index contributed by atoms with van der Waals surface area (Å²) in [4.78, 5) is 0. The van der Waals surface area contributed by atoms with E-state index in [1.165, 1.54) is 5.56 Å². The third-order valence-electron chi connectivity index (χ3n) is 2.40. The molecule has 0 bridgehead atoms. The molecule has 0 saturated carbocycles. The molecule has 4 heteroatoms. The normalized spacial score (nSPS) is 11.7. The summed E-state index contributed by atoms with van der Waals surface area (Å²) in [5.41, 5.74) is 3.99. The first-order valence-electron chi connectivity index (χ1n) is 4.96. The highest BCUT2D eigenvalue weighted by atomic mass is 79.9. The van der Waals surface area contributed by atoms with Gasteiger partial charge < -0.3 is 5.32 Å². The molecule has 0 aliphatic heterocycles. The minimum absolute atomic E-state index is 0.0978. The largest absolute Gasteiger partial charge is 0.303 e. The minimum Gasteiger partial charge on any atom is -0.303 e. The van der Waals surface area contributed by atoms with Crippen molar-refractivity contribution in [2.24, 2.45) is 5.84 Å². The summed E-state index contributed by atoms with van der Waals surface area (Å²) in [6, 6.07) is 8.39. The maximum atomic E-state index is 5.20. The van der Waals surface area contributed by atoms with Crippen LogP contribution in [0.4, 0.5) is 0 Å². The smallest absolute Gasteiger partial charge is 0.0587 e. The summed E-state index contributed by atoms with van der Waals surface area (Å²) >= 11 is 3.48. The van der Waals surface area contributed by atoms with Crippen molar-refractivity contribution in [2.45, 2.75) is 19.3 Å². The van der Waals surface area contributed by atoms with Gasteiger partial charge in [0.15, 0.2) is 0 Å². The first kappa shape index (κ1) is 12.6. The second kappa shape index (κ2) is 5.61. The molecule has 4 N–H and O–H groups in total. The summed E-state index contributed by atoms with van der Waals surface area (Å²) < 4.78 is 1.12. The van der Waals surface area contributed by atoms with Gasteiger partial charge in [-0.05, 0) is 17.7 Å². The van der Waals surface area contributed by atoms with Gasteiger partial charge in [-0.15, -0.1) is 0 Å². The molecule has 0 radical (unpaired) electrons. The van der Waals surface area contributed by atoms with Crippen LogP contribution < -0.4 is 16.6 Å². The van der Waals surface area contributed by atoms with Crippen molar-refractivity contribution in [3.05, 3.63) is 34.3 Å². The van der Waals surface area contributed by atoms with Crippen LogP contribution in [0.25, 0.3) is 0 Å². The molecular weight excluding hydrogens is 254 g/mol. The van der Waals surface area contributed by atoms with Gasteiger partial charge in [0.2, 0.25) is 0 Å². The van der Waals surface area contributed by atoms with E-state index < -0.39 is 0 Å². The predicted molar refractivity (Wildman–Crippen MR) is 67.4 cm³/mol. The maximum Gasteiger partial charge on any atom is 0.0587 e. The van der Waals surface area contributed by atoms with Gasteiger partial charge >= 0.3 is 0 Å². The standard InChI is InChI=1S/C11H18BrN3/c1-11(2,7-14-8-15-13)9-4-3-5-10(12)6-9/h3-6,14-15H,7-8,13H2,1-2H3. The second-order valence-corrected chi connectivity index (χ2v) is 5.12. The van der Waals surface area contributed by atoms with Gasteiger partial charge in [0.25, 0.3) is 0 Å². The SMILES string of the molecule is CC(C)(CNCNN)c1cccc(Br)c1. The van der Waals surface area contributed by atoms with Crippen molar-refractivity contribution < 1.29 is 0 Å². The number of hydrogen-bond acceptors (Lipinski definition) is 3. The van der Waals surface area contributed by atoms with Crippen molar-refractivity contribution in [3.8, 4) is 0 Å². The van der Waals surface area contributed by atoms with E-state index in [1.54, 1.807) is 0 Å². The minimum atomic E-state index is 0.0978. The van der Waals surface area contributed by atoms with E-state index >= 15 is 0 Å². The van der Waals surface area contributed by atoms with Crippen LogP contribution in [0.1, 0.15) is 19.4 Å². The number of hydrazine groups is 1. The third-order valence-corrected chi connectivity index (χ3v) is 2.89. The van der Waals surface area contributed by atoms with E-state index in [1.807, 2.05) is 6.07 Å². The Labute approximate surface area is 99.5 Å². The molecular formula is C11H18BrN3. The molecule has 0 unspecified atom stereocenters. The fraction of sp³-hybridized carbons (Fsp3) is 0.455. The molecule has 0 atom stereocenters. The molecule has 0 aromatic heterocycles. The van der Waals surface area contributed by atoms with Crippen LogP contribution in [-0.4, -0.2) is 13.2 Å². The van der Waals surface area contributed by atoms with Crippen LogP contribution in [0.15, 0.2) is 28.7 Å². The van der Waals surface area contributed by atoms with Crippen molar-refractivity contribution >= 4 is 15.9 Å². The Kier molecular flexibility index (Phi) is 4.73. The Morgan fingerprint density at radius 3 is 2.73 bits per heavy atom. The topological polar surface area (TPSA) is 50.1 Å². The van der Waals surface area contributed by atoms with E-state index in [0.29, 0.717) is 6.67 Å². The Morgan fingerprint density at radius 2 is 2.13 bits per heavy atom. The summed E-state index contributed by atoms with van der Waals surface area (Å²) in [6.45, 7) is 5.92. The molecule has 1 aromatic rings. The zero-order valence-electron chi connectivity index (χ0n) is 9.18. The molecule has 84 valence electrons. The Morgan fingerprint density at radius 1 is 1.40 bits per heavy atom. The Bertz CT molecular complexity index is 312. The molecule has 0 fully saturated rings. The van der Waals surface area contributed by atoms with Gasteiger partial charge in [-0.25, -0.2) is 5.43 Å². The zero-order valence-corrected chi connectivity index (χ0v) is 10.8. The average Bonchev–Trinajstić information content (AvgIpc) is 2.18. The average molecular weight is 272 g/mol. The van der Waals surface area contributed by atoms with Gasteiger partial charge in [-0.1, -0.05) is 41.9 Å². The van der Waals surface area contributed by atoms with Crippen LogP contribution in [0.2, 0.25) is 0 Å². The monoisotopic (exact) mass is 271 g/mol. The molecule has 0 heterocycles. The number of rotatable bonds is 5. The molecule has 0 amide bonds. The number of halogens is 1. The lowest BCUT2D eigenvalue weighted by Crippen LogP contribution is -2.40. The molecule has 0 aliphatic rings. The van der Waals surface area contributed by atoms with E-state index in [2.05, 4.69) is 58.7 Å². The summed E-state index contributed by atoms with van der Waals surface area (Å²) in [5.74, 6) is 5.20. The lowest BCUT2D eigenvalue weighted by Gasteiger charge is -2.26. The highest BCUT2D eigenvalue weighted by Gasteiger charge is 2.19. The van der Waals surface area contributed by atoms with Gasteiger partial charge in [0.1, 0.15) is 0 Å². The van der Waals surface area contributed by atoms with E-state index in [4.69, 9.17) is 5.84 Å². The second-order valence-electron chi connectivity index (χ2n) is 4.20. The zero-order chi connectivity index (χ0) is 11.3. The lowest BCUT2D eigenvalue weighted by atomic mass is 9.85. The van der Waals surface area contributed by atoms with Gasteiger partial charge in [-0.3, -0.25) is 5.84 Å². The van der Waals surface area contributed by atoms with Gasteiger partial charge in [0.05, 0.1) is 6.67 Å². The summed E-state index contributed by atoms with van der Waals surface area (Å²) in [6.07, 6.45) is 0. The van der Waals surface area contributed by atoms with Crippen LogP contribution in [0, 0.1) is 0 Å². The van der Waals surface area contributed by atoms with Crippen LogP contribution in [-0.2, 0) is 5.41 Å². The summed E-state index contributed by atoms with van der Waals surface area (Å²) in [7, 11) is 0. The maximum absolute atomic E-state index is 5.20. The van der Waals surface area contributed by atoms with Crippen molar-refractivity contribution in [2.75, 3.05) is 13.2 Å². The van der Waals surface area contributed by atoms with Gasteiger partial charge in [-0.2, -0.15) is 0 Å². The Hall–Kier alpha value is -0.420. The molecule has 3 nitrogen and oxygen atoms in total. The highest BCUT2D eigenvalue weighted by molar-refractivity contribution is 9.10. The summed E-state index contributed by atoms with van der Waals surface area (Å²) in [5, 5.41) is 3.24. The molecule has 0 spiro atoms. The van der Waals surface area contributed by atoms with Crippen LogP contribution >= 0.6 is 15.9 Å². The van der Waals surface area contributed by atoms with E-state index in [0.717, 1.165) is 11.0 Å². The highest BCUT2D eigenvalue weighted by Crippen LogP contribution is 2.24. The van der Waals surface area contributed by atoms with E-state index in [9.17, 15) is 0 Å². The third kappa shape index (κ3) is 3.91. The lowest BCUT2D eigenvalue weighted by molar-refractivity contribution is 0.454. The molecule has 1 rings (SSSR count). The van der Waals surface area contributed by atoms with Crippen molar-refractivity contribution in [3.63, 3.8) is 0 Å². The van der Waals surface area contributed by atoms with Crippen molar-refractivity contribution in [1.82, 2.24) is 10.7 Å². The number of benzene rings is 1. The van der Waals surface area contributed by atoms with Gasteiger partial charge in [0, 0.05) is 16.4 Å². The van der Waals surface area contributed by atoms with Crippen molar-refractivity contribution in [1.29, 1.82) is 0 Å².